The highest BCUT2D eigenvalue weighted by atomic mass is 16.1. The monoisotopic (exact) mass is 339 g/mol. The first-order valence-corrected chi connectivity index (χ1v) is 8.77. The minimum atomic E-state index is -0.191. The summed E-state index contributed by atoms with van der Waals surface area (Å²) in [7, 11) is 0. The molecule has 0 aliphatic rings. The summed E-state index contributed by atoms with van der Waals surface area (Å²) in [5.74, 6) is 0.611. The van der Waals surface area contributed by atoms with Crippen LogP contribution in [0.3, 0.4) is 0 Å². The minimum Gasteiger partial charge on any atom is -0.384 e. The molecule has 6 heteroatoms. The van der Waals surface area contributed by atoms with Gasteiger partial charge >= 0.3 is 0 Å². The van der Waals surface area contributed by atoms with Crippen LogP contribution in [0.25, 0.3) is 22.2 Å². The molecule has 3 rings (SSSR count). The van der Waals surface area contributed by atoms with Gasteiger partial charge in [0.1, 0.15) is 16.9 Å². The van der Waals surface area contributed by atoms with Crippen molar-refractivity contribution in [3.05, 3.63) is 29.8 Å². The molecule has 2 aromatic heterocycles. The molecule has 1 unspecified atom stereocenters. The van der Waals surface area contributed by atoms with E-state index in [2.05, 4.69) is 19.2 Å². The fraction of sp³-hybridized carbons (Fsp3) is 0.421. The van der Waals surface area contributed by atoms with Gasteiger partial charge in [0.2, 0.25) is 0 Å². The molecule has 0 fully saturated rings. The number of carbonyl (C=O) groups excluding carboxylic acids is 1. The number of para-hydroxylation sites is 2. The predicted octanol–water partition coefficient (Wildman–Crippen LogP) is 3.35. The zero-order valence-corrected chi connectivity index (χ0v) is 15.2. The van der Waals surface area contributed by atoms with Crippen molar-refractivity contribution in [3.63, 3.8) is 0 Å². The maximum Gasteiger partial charge on any atom is 0.257 e. The Labute approximate surface area is 147 Å². The predicted molar refractivity (Wildman–Crippen MR) is 102 cm³/mol. The van der Waals surface area contributed by atoms with Crippen molar-refractivity contribution in [2.24, 2.45) is 5.92 Å². The molecule has 0 aliphatic carbocycles. The number of benzene rings is 1. The number of nitrogens with zero attached hydrogens (tertiary/aromatic N) is 3. The lowest BCUT2D eigenvalue weighted by Crippen LogP contribution is -2.32. The van der Waals surface area contributed by atoms with Gasteiger partial charge in [0, 0.05) is 12.6 Å². The molecule has 3 N–H and O–H groups in total. The van der Waals surface area contributed by atoms with Crippen molar-refractivity contribution in [1.29, 1.82) is 0 Å². The molecule has 6 nitrogen and oxygen atoms in total. The van der Waals surface area contributed by atoms with Crippen LogP contribution in [0.5, 0.6) is 0 Å². The Morgan fingerprint density at radius 2 is 1.84 bits per heavy atom. The molecule has 0 saturated carbocycles. The van der Waals surface area contributed by atoms with Crippen LogP contribution >= 0.6 is 0 Å². The number of anilines is 1. The van der Waals surface area contributed by atoms with Crippen LogP contribution in [-0.2, 0) is 6.54 Å². The van der Waals surface area contributed by atoms with Crippen LogP contribution in [0.2, 0.25) is 0 Å². The lowest BCUT2D eigenvalue weighted by molar-refractivity contribution is 0.0941. The molecule has 0 saturated heterocycles. The van der Waals surface area contributed by atoms with E-state index in [9.17, 15) is 4.79 Å². The summed E-state index contributed by atoms with van der Waals surface area (Å²) in [6.45, 7) is 8.91. The SMILES string of the molecule is CCC(C)NC(=O)c1c(N)n(CC(C)C)c2nc3ccccc3nc12. The van der Waals surface area contributed by atoms with E-state index in [1.807, 2.05) is 42.7 Å². The fourth-order valence-electron chi connectivity index (χ4n) is 2.89. The molecular formula is C19H25N5O. The number of nitrogens with one attached hydrogen (secondary N) is 1. The van der Waals surface area contributed by atoms with Crippen LogP contribution < -0.4 is 11.1 Å². The molecule has 0 spiro atoms. The first kappa shape index (κ1) is 17.2. The molecule has 2 heterocycles. The highest BCUT2D eigenvalue weighted by molar-refractivity contribution is 6.10. The second-order valence-electron chi connectivity index (χ2n) is 6.93. The molecule has 1 aromatic carbocycles. The van der Waals surface area contributed by atoms with Crippen molar-refractivity contribution in [3.8, 4) is 0 Å². The topological polar surface area (TPSA) is 85.8 Å². The summed E-state index contributed by atoms with van der Waals surface area (Å²) < 4.78 is 1.91. The third kappa shape index (κ3) is 3.16. The van der Waals surface area contributed by atoms with Gasteiger partial charge in [-0.05, 0) is 31.4 Å². The summed E-state index contributed by atoms with van der Waals surface area (Å²) in [4.78, 5) is 22.2. The second kappa shape index (κ2) is 6.70. The van der Waals surface area contributed by atoms with E-state index >= 15 is 0 Å². The van der Waals surface area contributed by atoms with Crippen molar-refractivity contribution < 1.29 is 4.79 Å². The Morgan fingerprint density at radius 1 is 1.20 bits per heavy atom. The molecule has 1 atom stereocenters. The quantitative estimate of drug-likeness (QED) is 0.746. The van der Waals surface area contributed by atoms with Gasteiger partial charge in [0.25, 0.3) is 5.91 Å². The van der Waals surface area contributed by atoms with Crippen molar-refractivity contribution in [2.45, 2.75) is 46.7 Å². The van der Waals surface area contributed by atoms with Gasteiger partial charge in [-0.15, -0.1) is 0 Å². The van der Waals surface area contributed by atoms with Gasteiger partial charge in [0.05, 0.1) is 11.0 Å². The van der Waals surface area contributed by atoms with Crippen molar-refractivity contribution in [1.82, 2.24) is 19.9 Å². The summed E-state index contributed by atoms with van der Waals surface area (Å²) in [5.41, 5.74) is 9.58. The Kier molecular flexibility index (Phi) is 4.61. The van der Waals surface area contributed by atoms with E-state index in [1.54, 1.807) is 0 Å². The molecule has 25 heavy (non-hydrogen) atoms. The third-order valence-electron chi connectivity index (χ3n) is 4.36. The van der Waals surface area contributed by atoms with E-state index < -0.39 is 0 Å². The molecule has 0 radical (unpaired) electrons. The number of carbonyl (C=O) groups is 1. The number of nitrogen functional groups attached to an aromatic ring is 1. The van der Waals surface area contributed by atoms with Crippen LogP contribution in [0, 0.1) is 5.92 Å². The van der Waals surface area contributed by atoms with E-state index in [4.69, 9.17) is 15.7 Å². The van der Waals surface area contributed by atoms with Crippen LogP contribution in [-0.4, -0.2) is 26.5 Å². The van der Waals surface area contributed by atoms with Crippen LogP contribution in [0.4, 0.5) is 5.82 Å². The van der Waals surface area contributed by atoms with Gasteiger partial charge in [-0.1, -0.05) is 32.9 Å². The number of hydrogen-bond acceptors (Lipinski definition) is 4. The van der Waals surface area contributed by atoms with E-state index in [-0.39, 0.29) is 11.9 Å². The third-order valence-corrected chi connectivity index (χ3v) is 4.36. The lowest BCUT2D eigenvalue weighted by atomic mass is 10.2. The Bertz CT molecular complexity index is 928. The van der Waals surface area contributed by atoms with Crippen molar-refractivity contribution in [2.75, 3.05) is 5.73 Å². The number of aromatic nitrogens is 3. The van der Waals surface area contributed by atoms with Gasteiger partial charge < -0.3 is 15.6 Å². The van der Waals surface area contributed by atoms with Gasteiger partial charge in [-0.2, -0.15) is 0 Å². The van der Waals surface area contributed by atoms with E-state index in [0.717, 1.165) is 17.5 Å². The maximum absolute atomic E-state index is 12.8. The number of rotatable bonds is 5. The first-order valence-electron chi connectivity index (χ1n) is 8.77. The number of nitrogens with two attached hydrogens (primary N) is 1. The Balaban J connectivity index is 2.25. The standard InChI is InChI=1S/C19H25N5O/c1-5-12(4)21-19(25)15-16-18(24(17(15)20)10-11(2)3)23-14-9-7-6-8-13(14)22-16/h6-9,11-12H,5,10,20H2,1-4H3,(H,21,25). The normalized spacial score (nSPS) is 12.8. The zero-order chi connectivity index (χ0) is 18.1. The number of amides is 1. The Morgan fingerprint density at radius 3 is 2.44 bits per heavy atom. The highest BCUT2D eigenvalue weighted by Gasteiger charge is 2.24. The van der Waals surface area contributed by atoms with E-state index in [0.29, 0.717) is 35.0 Å². The summed E-state index contributed by atoms with van der Waals surface area (Å²) in [6, 6.07) is 7.73. The van der Waals surface area contributed by atoms with Gasteiger partial charge in [-0.3, -0.25) is 4.79 Å². The zero-order valence-electron chi connectivity index (χ0n) is 15.2. The van der Waals surface area contributed by atoms with Crippen molar-refractivity contribution >= 4 is 33.9 Å². The van der Waals surface area contributed by atoms with Crippen LogP contribution in [0.1, 0.15) is 44.5 Å². The fourth-order valence-corrected chi connectivity index (χ4v) is 2.89. The summed E-state index contributed by atoms with van der Waals surface area (Å²) >= 11 is 0. The van der Waals surface area contributed by atoms with E-state index in [1.165, 1.54) is 0 Å². The second-order valence-corrected chi connectivity index (χ2v) is 6.93. The smallest absolute Gasteiger partial charge is 0.257 e. The summed E-state index contributed by atoms with van der Waals surface area (Å²) in [5, 5.41) is 2.99. The Hall–Kier alpha value is -2.63. The lowest BCUT2D eigenvalue weighted by Gasteiger charge is -2.12. The van der Waals surface area contributed by atoms with Crippen LogP contribution in [0.15, 0.2) is 24.3 Å². The highest BCUT2D eigenvalue weighted by Crippen LogP contribution is 2.28. The average Bonchev–Trinajstić information content (AvgIpc) is 2.83. The molecule has 0 bridgehead atoms. The minimum absolute atomic E-state index is 0.0730. The first-order chi connectivity index (χ1) is 11.9. The largest absolute Gasteiger partial charge is 0.384 e. The summed E-state index contributed by atoms with van der Waals surface area (Å²) in [6.07, 6.45) is 0.852. The van der Waals surface area contributed by atoms with Gasteiger partial charge in [-0.25, -0.2) is 9.97 Å². The molecule has 3 aromatic rings. The maximum atomic E-state index is 12.8. The molecule has 0 aliphatic heterocycles. The number of fused-ring (bicyclic) bond motifs is 2. The number of hydrogen-bond donors (Lipinski definition) is 2. The molecule has 132 valence electrons. The molecule has 1 amide bonds. The van der Waals surface area contributed by atoms with Gasteiger partial charge in [0.15, 0.2) is 5.65 Å². The average molecular weight is 339 g/mol. The molecular weight excluding hydrogens is 314 g/mol.